The van der Waals surface area contributed by atoms with Crippen LogP contribution >= 0.6 is 35.3 Å². The Bertz CT molecular complexity index is 918. The third kappa shape index (κ3) is 5.25. The van der Waals surface area contributed by atoms with E-state index in [1.807, 2.05) is 20.9 Å². The number of anilines is 1. The van der Waals surface area contributed by atoms with Crippen molar-refractivity contribution in [1.29, 1.82) is 0 Å². The van der Waals surface area contributed by atoms with Crippen LogP contribution in [0.4, 0.5) is 5.82 Å². The molecule has 0 fully saturated rings. The van der Waals surface area contributed by atoms with Gasteiger partial charge in [0.1, 0.15) is 12.1 Å². The zero-order valence-corrected chi connectivity index (χ0v) is 18.9. The van der Waals surface area contributed by atoms with Gasteiger partial charge < -0.3 is 16.0 Å². The second-order valence-electron chi connectivity index (χ2n) is 5.75. The van der Waals surface area contributed by atoms with Gasteiger partial charge >= 0.3 is 0 Å². The fourth-order valence-corrected chi connectivity index (χ4v) is 3.46. The van der Waals surface area contributed by atoms with Crippen molar-refractivity contribution in [1.82, 2.24) is 35.4 Å². The number of hydrogen-bond donors (Lipinski definition) is 3. The summed E-state index contributed by atoms with van der Waals surface area (Å²) >= 11 is 1.70. The summed E-state index contributed by atoms with van der Waals surface area (Å²) in [6.45, 7) is 6.16. The van der Waals surface area contributed by atoms with E-state index < -0.39 is 0 Å². The van der Waals surface area contributed by atoms with Crippen molar-refractivity contribution in [2.75, 3.05) is 25.5 Å². The van der Waals surface area contributed by atoms with Crippen LogP contribution in [0.5, 0.6) is 0 Å². The highest BCUT2D eigenvalue weighted by atomic mass is 127. The second kappa shape index (κ2) is 9.78. The maximum absolute atomic E-state index is 4.44. The van der Waals surface area contributed by atoms with Gasteiger partial charge in [-0.2, -0.15) is 5.10 Å². The van der Waals surface area contributed by atoms with E-state index in [1.54, 1.807) is 35.6 Å². The Balaban J connectivity index is 0.00000261. The Hall–Kier alpha value is -2.02. The van der Waals surface area contributed by atoms with Crippen molar-refractivity contribution in [2.24, 2.45) is 12.0 Å². The number of thiazole rings is 1. The molecule has 3 aromatic rings. The van der Waals surface area contributed by atoms with E-state index in [-0.39, 0.29) is 24.0 Å². The molecule has 0 bridgehead atoms. The third-order valence-electron chi connectivity index (χ3n) is 3.88. The number of aromatic nitrogens is 5. The molecule has 3 N–H and O–H groups in total. The molecule has 146 valence electrons. The molecule has 0 unspecified atom stereocenters. The fraction of sp³-hybridized carbons (Fsp3) is 0.438. The number of fused-ring (bicyclic) bond motifs is 1. The maximum atomic E-state index is 4.44. The standard InChI is InChI=1S/C16H23N9S.HI/c1-10-13(26-11(2)24-10)8-20-16(17-3)19-6-5-18-14-12-7-23-25(4)15(12)22-9-21-14;/h7,9H,5-6,8H2,1-4H3,(H2,17,19,20)(H,18,21,22);1H. The van der Waals surface area contributed by atoms with Crippen LogP contribution in [0.25, 0.3) is 11.0 Å². The predicted octanol–water partition coefficient (Wildman–Crippen LogP) is 1.83. The lowest BCUT2D eigenvalue weighted by molar-refractivity contribution is 0.785. The van der Waals surface area contributed by atoms with Gasteiger partial charge in [0.05, 0.1) is 28.8 Å². The fourth-order valence-electron chi connectivity index (χ4n) is 2.59. The molecule has 0 atom stereocenters. The summed E-state index contributed by atoms with van der Waals surface area (Å²) in [6.07, 6.45) is 3.31. The van der Waals surface area contributed by atoms with Gasteiger partial charge in [-0.1, -0.05) is 0 Å². The molecule has 9 nitrogen and oxygen atoms in total. The van der Waals surface area contributed by atoms with E-state index in [1.165, 1.54) is 4.88 Å². The smallest absolute Gasteiger partial charge is 0.191 e. The first-order valence-corrected chi connectivity index (χ1v) is 9.14. The molecule has 3 rings (SSSR count). The van der Waals surface area contributed by atoms with Crippen LogP contribution in [-0.2, 0) is 13.6 Å². The SMILES string of the molecule is CN=C(NCCNc1ncnc2c1cnn2C)NCc1sc(C)nc1C.I. The Morgan fingerprint density at radius 2 is 2.04 bits per heavy atom. The minimum atomic E-state index is 0. The zero-order valence-electron chi connectivity index (χ0n) is 15.8. The van der Waals surface area contributed by atoms with E-state index in [4.69, 9.17) is 0 Å². The average molecular weight is 501 g/mol. The van der Waals surface area contributed by atoms with Crippen LogP contribution < -0.4 is 16.0 Å². The zero-order chi connectivity index (χ0) is 18.5. The van der Waals surface area contributed by atoms with Gasteiger partial charge in [0.25, 0.3) is 0 Å². The van der Waals surface area contributed by atoms with Gasteiger partial charge in [0.15, 0.2) is 11.6 Å². The van der Waals surface area contributed by atoms with Gasteiger partial charge in [-0.3, -0.25) is 9.67 Å². The van der Waals surface area contributed by atoms with Gasteiger partial charge in [0, 0.05) is 32.1 Å². The van der Waals surface area contributed by atoms with E-state index >= 15 is 0 Å². The number of hydrogen-bond acceptors (Lipinski definition) is 7. The topological polar surface area (TPSA) is 105 Å². The molecular weight excluding hydrogens is 477 g/mol. The summed E-state index contributed by atoms with van der Waals surface area (Å²) in [5.74, 6) is 1.54. The summed E-state index contributed by atoms with van der Waals surface area (Å²) in [7, 11) is 3.62. The molecule has 11 heteroatoms. The van der Waals surface area contributed by atoms with Crippen molar-refractivity contribution in [3.8, 4) is 0 Å². The maximum Gasteiger partial charge on any atom is 0.191 e. The molecule has 0 amide bonds. The van der Waals surface area contributed by atoms with Crippen LogP contribution in [0.3, 0.4) is 0 Å². The first-order valence-electron chi connectivity index (χ1n) is 8.32. The molecule has 3 aromatic heterocycles. The van der Waals surface area contributed by atoms with Crippen molar-refractivity contribution >= 4 is 58.1 Å². The second-order valence-corrected chi connectivity index (χ2v) is 7.04. The molecule has 3 heterocycles. The third-order valence-corrected chi connectivity index (χ3v) is 4.95. The monoisotopic (exact) mass is 501 g/mol. The number of nitrogens with zero attached hydrogens (tertiary/aromatic N) is 6. The largest absolute Gasteiger partial charge is 0.368 e. The van der Waals surface area contributed by atoms with Crippen LogP contribution in [0.1, 0.15) is 15.6 Å². The van der Waals surface area contributed by atoms with Crippen LogP contribution in [0.15, 0.2) is 17.5 Å². The molecule has 0 spiro atoms. The highest BCUT2D eigenvalue weighted by Crippen LogP contribution is 2.17. The Labute approximate surface area is 179 Å². The Kier molecular flexibility index (Phi) is 7.71. The van der Waals surface area contributed by atoms with Crippen molar-refractivity contribution < 1.29 is 0 Å². The molecule has 0 aliphatic carbocycles. The van der Waals surface area contributed by atoms with E-state index in [0.29, 0.717) is 19.6 Å². The molecule has 0 aliphatic rings. The molecule has 0 saturated carbocycles. The number of nitrogens with one attached hydrogen (secondary N) is 3. The Morgan fingerprint density at radius 3 is 2.74 bits per heavy atom. The lowest BCUT2D eigenvalue weighted by Gasteiger charge is -2.12. The molecule has 0 aliphatic heterocycles. The number of halogens is 1. The summed E-state index contributed by atoms with van der Waals surface area (Å²) in [6, 6.07) is 0. The minimum Gasteiger partial charge on any atom is -0.368 e. The summed E-state index contributed by atoms with van der Waals surface area (Å²) in [5, 5.41) is 16.1. The number of rotatable bonds is 6. The molecule has 27 heavy (non-hydrogen) atoms. The average Bonchev–Trinajstić information content (AvgIpc) is 3.16. The molecule has 0 radical (unpaired) electrons. The van der Waals surface area contributed by atoms with E-state index in [2.05, 4.69) is 41.0 Å². The first kappa shape index (κ1) is 21.3. The van der Waals surface area contributed by atoms with Gasteiger partial charge in [-0.25, -0.2) is 15.0 Å². The highest BCUT2D eigenvalue weighted by Gasteiger charge is 2.08. The number of aliphatic imine (C=N–C) groups is 1. The van der Waals surface area contributed by atoms with Crippen LogP contribution in [0, 0.1) is 13.8 Å². The van der Waals surface area contributed by atoms with Crippen LogP contribution in [-0.4, -0.2) is 50.8 Å². The van der Waals surface area contributed by atoms with Crippen molar-refractivity contribution in [3.05, 3.63) is 28.1 Å². The predicted molar refractivity (Wildman–Crippen MR) is 120 cm³/mol. The first-order chi connectivity index (χ1) is 12.6. The van der Waals surface area contributed by atoms with Crippen LogP contribution in [0.2, 0.25) is 0 Å². The van der Waals surface area contributed by atoms with Gasteiger partial charge in [-0.05, 0) is 13.8 Å². The quantitative estimate of drug-likeness (QED) is 0.205. The Morgan fingerprint density at radius 1 is 1.22 bits per heavy atom. The molecule has 0 aromatic carbocycles. The summed E-state index contributed by atoms with van der Waals surface area (Å²) in [5.41, 5.74) is 1.88. The van der Waals surface area contributed by atoms with Crippen molar-refractivity contribution in [2.45, 2.75) is 20.4 Å². The van der Waals surface area contributed by atoms with Crippen molar-refractivity contribution in [3.63, 3.8) is 0 Å². The van der Waals surface area contributed by atoms with E-state index in [0.717, 1.165) is 33.5 Å². The lowest BCUT2D eigenvalue weighted by Crippen LogP contribution is -2.39. The van der Waals surface area contributed by atoms with Gasteiger partial charge in [0.2, 0.25) is 0 Å². The highest BCUT2D eigenvalue weighted by molar-refractivity contribution is 14.0. The number of aryl methyl sites for hydroxylation is 3. The molecular formula is C16H24IN9S. The summed E-state index contributed by atoms with van der Waals surface area (Å²) < 4.78 is 1.73. The number of guanidine groups is 1. The summed E-state index contributed by atoms with van der Waals surface area (Å²) in [4.78, 5) is 18.4. The van der Waals surface area contributed by atoms with Gasteiger partial charge in [-0.15, -0.1) is 35.3 Å². The minimum absolute atomic E-state index is 0. The van der Waals surface area contributed by atoms with E-state index in [9.17, 15) is 0 Å². The molecule has 0 saturated heterocycles. The lowest BCUT2D eigenvalue weighted by atomic mass is 10.4. The normalized spacial score (nSPS) is 11.3.